The molecule has 0 aliphatic carbocycles. The molecule has 0 spiro atoms. The maximum Gasteiger partial charge on any atom is 0.247 e. The number of hydrogen-bond acceptors (Lipinski definition) is 4. The van der Waals surface area contributed by atoms with E-state index in [0.29, 0.717) is 4.34 Å². The van der Waals surface area contributed by atoms with E-state index < -0.39 is 18.1 Å². The molecule has 5 nitrogen and oxygen atoms in total. The minimum atomic E-state index is -0.737. The van der Waals surface area contributed by atoms with Gasteiger partial charge in [-0.2, -0.15) is 0 Å². The maximum atomic E-state index is 12.0. The van der Waals surface area contributed by atoms with E-state index in [1.807, 2.05) is 0 Å². The van der Waals surface area contributed by atoms with Crippen LogP contribution in [-0.2, 0) is 9.59 Å². The van der Waals surface area contributed by atoms with Crippen molar-refractivity contribution in [3.8, 4) is 0 Å². The molecule has 0 unspecified atom stereocenters. The number of aliphatic hydroxyl groups excluding tert-OH is 1. The van der Waals surface area contributed by atoms with E-state index in [2.05, 4.69) is 0 Å². The van der Waals surface area contributed by atoms with Gasteiger partial charge >= 0.3 is 0 Å². The number of carbonyl (C=O) groups excluding carboxylic acids is 2. The first-order chi connectivity index (χ1) is 8.97. The summed E-state index contributed by atoms with van der Waals surface area (Å²) in [7, 11) is 0. The van der Waals surface area contributed by atoms with Crippen LogP contribution in [0, 0.1) is 0 Å². The van der Waals surface area contributed by atoms with Crippen molar-refractivity contribution >= 4 is 40.8 Å². The number of carbonyl (C=O) groups is 2. The number of nitrogens with two attached hydrogens (primary N) is 1. The molecule has 7 heteroatoms. The van der Waals surface area contributed by atoms with Crippen LogP contribution < -0.4 is 5.73 Å². The normalized spacial score (nSPS) is 23.2. The number of nitrogens with zero attached hydrogens (tertiary/aromatic N) is 1. The third kappa shape index (κ3) is 3.34. The van der Waals surface area contributed by atoms with E-state index >= 15 is 0 Å². The molecule has 0 bridgehead atoms. The fourth-order valence-corrected chi connectivity index (χ4v) is 2.96. The number of thiophene rings is 1. The Hall–Kier alpha value is -1.37. The van der Waals surface area contributed by atoms with Gasteiger partial charge in [-0.25, -0.2) is 0 Å². The summed E-state index contributed by atoms with van der Waals surface area (Å²) in [4.78, 5) is 25.3. The number of amides is 2. The van der Waals surface area contributed by atoms with E-state index in [1.165, 1.54) is 22.3 Å². The minimum Gasteiger partial charge on any atom is -0.391 e. The van der Waals surface area contributed by atoms with E-state index in [9.17, 15) is 14.7 Å². The standard InChI is InChI=1S/C12H13ClN2O3S/c13-10-3-1-8(19-10)2-4-11(17)15-6-7(16)5-9(15)12(14)18/h1-4,7,9,16H,5-6H2,(H2,14,18)/b4-2+/t7-,9-/m1/s1. The average molecular weight is 301 g/mol. The molecule has 1 aromatic heterocycles. The fourth-order valence-electron chi connectivity index (χ4n) is 1.99. The van der Waals surface area contributed by atoms with Crippen molar-refractivity contribution < 1.29 is 14.7 Å². The molecule has 3 N–H and O–H groups in total. The molecule has 2 rings (SSSR count). The molecule has 1 aliphatic rings. The Morgan fingerprint density at radius 3 is 2.84 bits per heavy atom. The van der Waals surface area contributed by atoms with Gasteiger partial charge in [-0.15, -0.1) is 11.3 Å². The second-order valence-corrected chi connectivity index (χ2v) is 6.02. The SMILES string of the molecule is NC(=O)[C@H]1C[C@@H](O)CN1C(=O)/C=C/c1ccc(Cl)s1. The Labute approximate surface area is 119 Å². The van der Waals surface area contributed by atoms with Gasteiger partial charge in [0.2, 0.25) is 11.8 Å². The lowest BCUT2D eigenvalue weighted by molar-refractivity contribution is -0.133. The van der Waals surface area contributed by atoms with Crippen LogP contribution in [0.4, 0.5) is 0 Å². The van der Waals surface area contributed by atoms with Gasteiger partial charge < -0.3 is 15.7 Å². The molecule has 1 saturated heterocycles. The van der Waals surface area contributed by atoms with Crippen molar-refractivity contribution in [1.82, 2.24) is 4.90 Å². The van der Waals surface area contributed by atoms with Gasteiger partial charge in [-0.1, -0.05) is 11.6 Å². The molecule has 1 fully saturated rings. The van der Waals surface area contributed by atoms with Gasteiger partial charge in [0.15, 0.2) is 0 Å². The van der Waals surface area contributed by atoms with Crippen molar-refractivity contribution in [3.63, 3.8) is 0 Å². The molecule has 2 amide bonds. The Morgan fingerprint density at radius 1 is 1.53 bits per heavy atom. The third-order valence-electron chi connectivity index (χ3n) is 2.87. The van der Waals surface area contributed by atoms with Crippen LogP contribution in [0.2, 0.25) is 4.34 Å². The second-order valence-electron chi connectivity index (χ2n) is 4.27. The predicted octanol–water partition coefficient (Wildman–Crippen LogP) is 0.862. The van der Waals surface area contributed by atoms with Gasteiger partial charge in [0.25, 0.3) is 0 Å². The summed E-state index contributed by atoms with van der Waals surface area (Å²) in [5.41, 5.74) is 5.22. The Bertz CT molecular complexity index is 529. The molecule has 19 heavy (non-hydrogen) atoms. The number of primary amides is 1. The van der Waals surface area contributed by atoms with Crippen LogP contribution >= 0.6 is 22.9 Å². The van der Waals surface area contributed by atoms with Crippen LogP contribution in [0.5, 0.6) is 0 Å². The molecule has 1 aromatic rings. The zero-order valence-electron chi connectivity index (χ0n) is 9.95. The highest BCUT2D eigenvalue weighted by atomic mass is 35.5. The summed E-state index contributed by atoms with van der Waals surface area (Å²) in [6, 6.07) is 2.79. The molecule has 0 saturated carbocycles. The van der Waals surface area contributed by atoms with Crippen LogP contribution in [0.1, 0.15) is 11.3 Å². The van der Waals surface area contributed by atoms with Crippen molar-refractivity contribution in [2.75, 3.05) is 6.54 Å². The first-order valence-electron chi connectivity index (χ1n) is 5.69. The molecule has 102 valence electrons. The van der Waals surface area contributed by atoms with Crippen LogP contribution in [0.15, 0.2) is 18.2 Å². The Balaban J connectivity index is 2.06. The Morgan fingerprint density at radius 2 is 2.26 bits per heavy atom. The fraction of sp³-hybridized carbons (Fsp3) is 0.333. The number of halogens is 1. The van der Waals surface area contributed by atoms with Gasteiger partial charge in [-0.3, -0.25) is 9.59 Å². The topological polar surface area (TPSA) is 83.6 Å². The van der Waals surface area contributed by atoms with Crippen molar-refractivity contribution in [3.05, 3.63) is 27.4 Å². The number of aliphatic hydroxyl groups is 1. The largest absolute Gasteiger partial charge is 0.391 e. The lowest BCUT2D eigenvalue weighted by Crippen LogP contribution is -2.43. The predicted molar refractivity (Wildman–Crippen MR) is 73.7 cm³/mol. The number of β-amino-alcohol motifs (C(OH)–C–C–N with tert-alkyl or cyclic N) is 1. The first kappa shape index (κ1) is 14.0. The monoisotopic (exact) mass is 300 g/mol. The van der Waals surface area contributed by atoms with Gasteiger partial charge in [0, 0.05) is 23.9 Å². The summed E-state index contributed by atoms with van der Waals surface area (Å²) in [6.07, 6.45) is 2.48. The lowest BCUT2D eigenvalue weighted by atomic mass is 10.2. The van der Waals surface area contributed by atoms with Crippen molar-refractivity contribution in [1.29, 1.82) is 0 Å². The van der Waals surface area contributed by atoms with Crippen LogP contribution in [0.25, 0.3) is 6.08 Å². The average Bonchev–Trinajstić information content (AvgIpc) is 2.92. The van der Waals surface area contributed by atoms with Crippen LogP contribution in [-0.4, -0.2) is 40.5 Å². The molecule has 0 aromatic carbocycles. The zero-order chi connectivity index (χ0) is 14.0. The summed E-state index contributed by atoms with van der Waals surface area (Å²) in [5.74, 6) is -0.942. The molecule has 2 heterocycles. The number of rotatable bonds is 3. The summed E-state index contributed by atoms with van der Waals surface area (Å²) < 4.78 is 0.638. The molecular weight excluding hydrogens is 288 g/mol. The van der Waals surface area contributed by atoms with Crippen molar-refractivity contribution in [2.45, 2.75) is 18.6 Å². The maximum absolute atomic E-state index is 12.0. The second kappa shape index (κ2) is 5.73. The lowest BCUT2D eigenvalue weighted by Gasteiger charge is -2.19. The van der Waals surface area contributed by atoms with E-state index in [1.54, 1.807) is 18.2 Å². The smallest absolute Gasteiger partial charge is 0.247 e. The van der Waals surface area contributed by atoms with Crippen LogP contribution in [0.3, 0.4) is 0 Å². The third-order valence-corrected chi connectivity index (χ3v) is 4.07. The summed E-state index contributed by atoms with van der Waals surface area (Å²) >= 11 is 7.13. The molecule has 0 radical (unpaired) electrons. The van der Waals surface area contributed by atoms with Crippen molar-refractivity contribution in [2.24, 2.45) is 5.73 Å². The highest BCUT2D eigenvalue weighted by Gasteiger charge is 2.36. The number of likely N-dealkylation sites (tertiary alicyclic amines) is 1. The van der Waals surface area contributed by atoms with Gasteiger partial charge in [0.05, 0.1) is 10.4 Å². The zero-order valence-corrected chi connectivity index (χ0v) is 11.5. The molecule has 1 aliphatic heterocycles. The van der Waals surface area contributed by atoms with Gasteiger partial charge in [-0.05, 0) is 18.2 Å². The summed E-state index contributed by atoms with van der Waals surface area (Å²) in [6.45, 7) is 0.127. The number of hydrogen-bond donors (Lipinski definition) is 2. The first-order valence-corrected chi connectivity index (χ1v) is 6.88. The summed E-state index contributed by atoms with van der Waals surface area (Å²) in [5, 5.41) is 9.52. The highest BCUT2D eigenvalue weighted by Crippen LogP contribution is 2.23. The highest BCUT2D eigenvalue weighted by molar-refractivity contribution is 7.17. The van der Waals surface area contributed by atoms with Gasteiger partial charge in [0.1, 0.15) is 6.04 Å². The quantitative estimate of drug-likeness (QED) is 0.812. The van der Waals surface area contributed by atoms with E-state index in [4.69, 9.17) is 17.3 Å². The van der Waals surface area contributed by atoms with E-state index in [-0.39, 0.29) is 18.9 Å². The molecular formula is C12H13ClN2O3S. The molecule has 2 atom stereocenters. The minimum absolute atomic E-state index is 0.127. The Kier molecular flexibility index (Phi) is 4.24. The van der Waals surface area contributed by atoms with E-state index in [0.717, 1.165) is 4.88 Å².